The minimum atomic E-state index is 0.0997. The van der Waals surface area contributed by atoms with E-state index in [4.69, 9.17) is 0 Å². The lowest BCUT2D eigenvalue weighted by molar-refractivity contribution is 0.571. The van der Waals surface area contributed by atoms with Crippen LogP contribution in [0.25, 0.3) is 11.0 Å². The molecule has 0 aliphatic rings. The van der Waals surface area contributed by atoms with Crippen molar-refractivity contribution in [2.45, 2.75) is 39.7 Å². The van der Waals surface area contributed by atoms with E-state index < -0.39 is 0 Å². The summed E-state index contributed by atoms with van der Waals surface area (Å²) in [4.78, 5) is 4.63. The highest BCUT2D eigenvalue weighted by molar-refractivity contribution is 5.74. The van der Waals surface area contributed by atoms with E-state index in [1.54, 1.807) is 0 Å². The minimum absolute atomic E-state index is 0.0997. The van der Waals surface area contributed by atoms with Crippen LogP contribution in [0.2, 0.25) is 0 Å². The Balaban J connectivity index is 2.58. The third-order valence-electron chi connectivity index (χ3n) is 2.57. The van der Waals surface area contributed by atoms with Gasteiger partial charge in [0.2, 0.25) is 0 Å². The summed E-state index contributed by atoms with van der Waals surface area (Å²) in [5, 5.41) is 4.29. The molecule has 0 radical (unpaired) electrons. The van der Waals surface area contributed by atoms with Gasteiger partial charge in [-0.15, -0.1) is 0 Å². The van der Waals surface area contributed by atoms with Crippen molar-refractivity contribution in [3.8, 4) is 0 Å². The zero-order valence-electron chi connectivity index (χ0n) is 9.78. The molecule has 0 bridgehead atoms. The molecule has 0 amide bonds. The Kier molecular flexibility index (Phi) is 2.25. The van der Waals surface area contributed by atoms with Gasteiger partial charge in [-0.3, -0.25) is 4.68 Å². The van der Waals surface area contributed by atoms with Gasteiger partial charge in [-0.05, 0) is 19.1 Å². The van der Waals surface area contributed by atoms with E-state index in [0.717, 1.165) is 23.3 Å². The third-order valence-corrected chi connectivity index (χ3v) is 2.57. The number of hydrogen-bond acceptors (Lipinski definition) is 2. The predicted octanol–water partition coefficient (Wildman–Crippen LogP) is 2.75. The van der Waals surface area contributed by atoms with Gasteiger partial charge in [0.1, 0.15) is 5.52 Å². The van der Waals surface area contributed by atoms with Crippen molar-refractivity contribution in [1.29, 1.82) is 0 Å². The fourth-order valence-electron chi connectivity index (χ4n) is 1.64. The average Bonchev–Trinajstić information content (AvgIpc) is 2.58. The van der Waals surface area contributed by atoms with Crippen LogP contribution < -0.4 is 0 Å². The van der Waals surface area contributed by atoms with Crippen molar-refractivity contribution < 1.29 is 0 Å². The smallest absolute Gasteiger partial charge is 0.109 e. The Labute approximate surface area is 90.1 Å². The summed E-state index contributed by atoms with van der Waals surface area (Å²) in [6, 6.07) is 4.20. The first kappa shape index (κ1) is 10.1. The lowest BCUT2D eigenvalue weighted by Gasteiger charge is -2.17. The van der Waals surface area contributed by atoms with E-state index >= 15 is 0 Å². The topological polar surface area (TPSA) is 30.7 Å². The molecule has 0 saturated carbocycles. The van der Waals surface area contributed by atoms with Crippen LogP contribution in [0.1, 0.15) is 33.4 Å². The molecule has 0 aliphatic carbocycles. The van der Waals surface area contributed by atoms with Crippen LogP contribution in [-0.2, 0) is 12.0 Å². The summed E-state index contributed by atoms with van der Waals surface area (Å²) in [6.07, 6.45) is 1.84. The molecule has 0 atom stereocenters. The molecule has 0 fully saturated rings. The van der Waals surface area contributed by atoms with Gasteiger partial charge in [-0.2, -0.15) is 5.10 Å². The Morgan fingerprint density at radius 1 is 1.27 bits per heavy atom. The lowest BCUT2D eigenvalue weighted by Crippen LogP contribution is -2.13. The average molecular weight is 203 g/mol. The predicted molar refractivity (Wildman–Crippen MR) is 61.9 cm³/mol. The molecular formula is C12H17N3. The van der Waals surface area contributed by atoms with Crippen molar-refractivity contribution in [1.82, 2.24) is 14.8 Å². The maximum atomic E-state index is 4.63. The number of rotatable bonds is 1. The number of aryl methyl sites for hydroxylation is 1. The number of pyridine rings is 1. The maximum Gasteiger partial charge on any atom is 0.109 e. The molecule has 2 rings (SSSR count). The highest BCUT2D eigenvalue weighted by atomic mass is 15.3. The lowest BCUT2D eigenvalue weighted by atomic mass is 9.91. The zero-order chi connectivity index (χ0) is 11.1. The van der Waals surface area contributed by atoms with E-state index in [9.17, 15) is 0 Å². The Bertz CT molecular complexity index is 477. The molecule has 0 unspecified atom stereocenters. The normalized spacial score (nSPS) is 12.3. The number of nitrogens with zero attached hydrogens (tertiary/aromatic N) is 3. The van der Waals surface area contributed by atoms with Crippen LogP contribution in [-0.4, -0.2) is 14.8 Å². The van der Waals surface area contributed by atoms with Crippen LogP contribution in [0, 0.1) is 0 Å². The number of fused-ring (bicyclic) bond motifs is 1. The van der Waals surface area contributed by atoms with E-state index in [0.29, 0.717) is 0 Å². The van der Waals surface area contributed by atoms with Gasteiger partial charge < -0.3 is 0 Å². The third kappa shape index (κ3) is 1.74. The maximum absolute atomic E-state index is 4.63. The molecular weight excluding hydrogens is 186 g/mol. The van der Waals surface area contributed by atoms with Crippen molar-refractivity contribution in [3.63, 3.8) is 0 Å². The highest BCUT2D eigenvalue weighted by Gasteiger charge is 2.16. The van der Waals surface area contributed by atoms with Crippen LogP contribution in [0.15, 0.2) is 18.3 Å². The molecule has 2 heterocycles. The van der Waals surface area contributed by atoms with Crippen LogP contribution in [0.4, 0.5) is 0 Å². The summed E-state index contributed by atoms with van der Waals surface area (Å²) in [7, 11) is 0. The van der Waals surface area contributed by atoms with Gasteiger partial charge in [0.05, 0.1) is 11.7 Å². The molecule has 15 heavy (non-hydrogen) atoms. The Morgan fingerprint density at radius 2 is 2.00 bits per heavy atom. The van der Waals surface area contributed by atoms with Gasteiger partial charge in [0.15, 0.2) is 0 Å². The SMILES string of the molecule is CCn1ncc2nc(C(C)(C)C)ccc21. The first-order chi connectivity index (χ1) is 7.02. The quantitative estimate of drug-likeness (QED) is 0.713. The second-order valence-electron chi connectivity index (χ2n) is 4.81. The van der Waals surface area contributed by atoms with Gasteiger partial charge in [0.25, 0.3) is 0 Å². The summed E-state index contributed by atoms with van der Waals surface area (Å²) in [5.74, 6) is 0. The van der Waals surface area contributed by atoms with Crippen molar-refractivity contribution in [2.75, 3.05) is 0 Å². The van der Waals surface area contributed by atoms with E-state index in [-0.39, 0.29) is 5.41 Å². The van der Waals surface area contributed by atoms with E-state index in [2.05, 4.69) is 49.9 Å². The molecule has 2 aromatic rings. The molecule has 2 aromatic heterocycles. The van der Waals surface area contributed by atoms with Crippen molar-refractivity contribution in [3.05, 3.63) is 24.0 Å². The zero-order valence-corrected chi connectivity index (χ0v) is 9.78. The summed E-state index contributed by atoms with van der Waals surface area (Å²) < 4.78 is 1.97. The summed E-state index contributed by atoms with van der Waals surface area (Å²) in [5.41, 5.74) is 3.32. The van der Waals surface area contributed by atoms with E-state index in [1.165, 1.54) is 0 Å². The number of aromatic nitrogens is 3. The molecule has 0 saturated heterocycles. The largest absolute Gasteiger partial charge is 0.264 e. The van der Waals surface area contributed by atoms with Gasteiger partial charge in [-0.1, -0.05) is 20.8 Å². The Hall–Kier alpha value is -1.38. The molecule has 0 N–H and O–H groups in total. The van der Waals surface area contributed by atoms with Crippen LogP contribution in [0.3, 0.4) is 0 Å². The highest BCUT2D eigenvalue weighted by Crippen LogP contribution is 2.22. The molecule has 0 spiro atoms. The molecule has 0 aliphatic heterocycles. The fourth-order valence-corrected chi connectivity index (χ4v) is 1.64. The molecule has 3 heteroatoms. The Morgan fingerprint density at radius 3 is 2.60 bits per heavy atom. The molecule has 3 nitrogen and oxygen atoms in total. The first-order valence-electron chi connectivity index (χ1n) is 5.35. The summed E-state index contributed by atoms with van der Waals surface area (Å²) in [6.45, 7) is 9.49. The second kappa shape index (κ2) is 3.33. The summed E-state index contributed by atoms with van der Waals surface area (Å²) >= 11 is 0. The second-order valence-corrected chi connectivity index (χ2v) is 4.81. The number of hydrogen-bond donors (Lipinski definition) is 0. The van der Waals surface area contributed by atoms with Gasteiger partial charge >= 0.3 is 0 Å². The van der Waals surface area contributed by atoms with Crippen molar-refractivity contribution >= 4 is 11.0 Å². The minimum Gasteiger partial charge on any atom is -0.264 e. The van der Waals surface area contributed by atoms with E-state index in [1.807, 2.05) is 10.9 Å². The monoisotopic (exact) mass is 203 g/mol. The molecule has 0 aromatic carbocycles. The fraction of sp³-hybridized carbons (Fsp3) is 0.500. The van der Waals surface area contributed by atoms with Gasteiger partial charge in [-0.25, -0.2) is 4.98 Å². The van der Waals surface area contributed by atoms with Crippen molar-refractivity contribution in [2.24, 2.45) is 0 Å². The van der Waals surface area contributed by atoms with Gasteiger partial charge in [0, 0.05) is 17.7 Å². The van der Waals surface area contributed by atoms with Crippen LogP contribution in [0.5, 0.6) is 0 Å². The van der Waals surface area contributed by atoms with Crippen LogP contribution >= 0.6 is 0 Å². The first-order valence-corrected chi connectivity index (χ1v) is 5.35. The standard InChI is InChI=1S/C12H17N3/c1-5-15-10-6-7-11(12(2,3)4)14-9(10)8-13-15/h6-8H,5H2,1-4H3. The molecule has 80 valence electrons.